The van der Waals surface area contributed by atoms with Crippen molar-refractivity contribution in [2.45, 2.75) is 13.0 Å². The molecule has 15 heavy (non-hydrogen) atoms. The van der Waals surface area contributed by atoms with Crippen LogP contribution in [0.15, 0.2) is 24.0 Å². The molecule has 0 spiro atoms. The van der Waals surface area contributed by atoms with Gasteiger partial charge in [-0.1, -0.05) is 0 Å². The number of aliphatic hydroxyl groups excluding tert-OH is 1. The fourth-order valence-electron chi connectivity index (χ4n) is 1.45. The molecule has 2 rings (SSSR count). The van der Waals surface area contributed by atoms with Crippen LogP contribution in [0.1, 0.15) is 22.1 Å². The summed E-state index contributed by atoms with van der Waals surface area (Å²) in [6.07, 6.45) is 2.54. The van der Waals surface area contributed by atoms with Crippen molar-refractivity contribution in [2.75, 3.05) is 5.73 Å². The molecule has 1 unspecified atom stereocenters. The van der Waals surface area contributed by atoms with Crippen LogP contribution in [0.5, 0.6) is 0 Å². The number of pyridine rings is 1. The Bertz CT molecular complexity index is 435. The van der Waals surface area contributed by atoms with E-state index in [9.17, 15) is 5.11 Å². The van der Waals surface area contributed by atoms with Gasteiger partial charge in [0.05, 0.1) is 10.4 Å². The maximum absolute atomic E-state index is 10.1. The number of aryl methyl sites for hydroxylation is 1. The topological polar surface area (TPSA) is 72.0 Å². The molecular formula is C10H11N3OS. The fraction of sp³-hybridized carbons (Fsp3) is 0.200. The molecule has 2 heterocycles. The monoisotopic (exact) mass is 221 g/mol. The highest BCUT2D eigenvalue weighted by Gasteiger charge is 2.17. The number of nitrogen functional groups attached to an aromatic ring is 1. The first-order valence-electron chi connectivity index (χ1n) is 4.47. The number of hydrogen-bond donors (Lipinski definition) is 2. The molecule has 0 amide bonds. The van der Waals surface area contributed by atoms with Gasteiger partial charge in [-0.15, -0.1) is 11.3 Å². The molecule has 0 fully saturated rings. The summed E-state index contributed by atoms with van der Waals surface area (Å²) < 4.78 is 0. The highest BCUT2D eigenvalue weighted by molar-refractivity contribution is 7.09. The first-order valence-corrected chi connectivity index (χ1v) is 5.35. The summed E-state index contributed by atoms with van der Waals surface area (Å²) in [5.41, 5.74) is 9.02. The number of aliphatic hydroxyl groups is 1. The molecule has 2 aromatic heterocycles. The predicted octanol–water partition coefficient (Wildman–Crippen LogP) is 1.51. The van der Waals surface area contributed by atoms with Gasteiger partial charge in [-0.25, -0.2) is 4.98 Å². The zero-order valence-electron chi connectivity index (χ0n) is 8.21. The van der Waals surface area contributed by atoms with E-state index in [2.05, 4.69) is 9.97 Å². The third-order valence-electron chi connectivity index (χ3n) is 2.23. The number of nitrogens with zero attached hydrogens (tertiary/aromatic N) is 2. The molecule has 1 atom stereocenters. The SMILES string of the molecule is Cc1ccnc(N)c1C(O)c1cncs1. The summed E-state index contributed by atoms with van der Waals surface area (Å²) in [7, 11) is 0. The summed E-state index contributed by atoms with van der Waals surface area (Å²) in [4.78, 5) is 8.67. The van der Waals surface area contributed by atoms with Crippen LogP contribution in [-0.4, -0.2) is 15.1 Å². The van der Waals surface area contributed by atoms with Gasteiger partial charge in [0.15, 0.2) is 0 Å². The van der Waals surface area contributed by atoms with Crippen LogP contribution in [0.3, 0.4) is 0 Å². The van der Waals surface area contributed by atoms with E-state index in [1.165, 1.54) is 11.3 Å². The van der Waals surface area contributed by atoms with Crippen molar-refractivity contribution in [2.24, 2.45) is 0 Å². The Labute approximate surface area is 91.4 Å². The van der Waals surface area contributed by atoms with Crippen LogP contribution >= 0.6 is 11.3 Å². The van der Waals surface area contributed by atoms with E-state index in [1.807, 2.05) is 13.0 Å². The molecule has 5 heteroatoms. The minimum Gasteiger partial charge on any atom is -0.383 e. The van der Waals surface area contributed by atoms with E-state index in [1.54, 1.807) is 17.9 Å². The van der Waals surface area contributed by atoms with Crippen LogP contribution in [0, 0.1) is 6.92 Å². The van der Waals surface area contributed by atoms with E-state index in [4.69, 9.17) is 5.73 Å². The standard InChI is InChI=1S/C10H11N3OS/c1-6-2-3-13-10(11)8(6)9(14)7-4-12-5-15-7/h2-5,9,14H,1H3,(H2,11,13). The van der Waals surface area contributed by atoms with Gasteiger partial charge in [-0.3, -0.25) is 4.98 Å². The summed E-state index contributed by atoms with van der Waals surface area (Å²) in [6, 6.07) is 1.83. The lowest BCUT2D eigenvalue weighted by Crippen LogP contribution is -2.06. The second-order valence-electron chi connectivity index (χ2n) is 3.23. The number of rotatable bonds is 2. The average molecular weight is 221 g/mol. The molecule has 0 aliphatic carbocycles. The van der Waals surface area contributed by atoms with E-state index in [0.717, 1.165) is 10.4 Å². The lowest BCUT2D eigenvalue weighted by atomic mass is 10.0. The number of anilines is 1. The molecule has 0 aliphatic heterocycles. The Kier molecular flexibility index (Phi) is 2.66. The maximum Gasteiger partial charge on any atom is 0.129 e. The van der Waals surface area contributed by atoms with E-state index in [-0.39, 0.29) is 0 Å². The smallest absolute Gasteiger partial charge is 0.129 e. The van der Waals surface area contributed by atoms with Gasteiger partial charge in [0.1, 0.15) is 11.9 Å². The van der Waals surface area contributed by atoms with Crippen LogP contribution in [0.25, 0.3) is 0 Å². The average Bonchev–Trinajstić information content (AvgIpc) is 2.69. The second kappa shape index (κ2) is 3.96. The number of nitrogens with two attached hydrogens (primary N) is 1. The largest absolute Gasteiger partial charge is 0.383 e. The van der Waals surface area contributed by atoms with Gasteiger partial charge >= 0.3 is 0 Å². The van der Waals surface area contributed by atoms with Crippen molar-refractivity contribution in [3.05, 3.63) is 40.0 Å². The van der Waals surface area contributed by atoms with Crippen molar-refractivity contribution < 1.29 is 5.11 Å². The van der Waals surface area contributed by atoms with Gasteiger partial charge in [0.25, 0.3) is 0 Å². The van der Waals surface area contributed by atoms with Crippen molar-refractivity contribution in [3.63, 3.8) is 0 Å². The molecule has 78 valence electrons. The molecule has 0 radical (unpaired) electrons. The first-order chi connectivity index (χ1) is 7.20. The van der Waals surface area contributed by atoms with Gasteiger partial charge in [0.2, 0.25) is 0 Å². The molecule has 2 aromatic rings. The molecule has 0 aliphatic rings. The molecule has 4 nitrogen and oxygen atoms in total. The van der Waals surface area contributed by atoms with Crippen molar-refractivity contribution in [3.8, 4) is 0 Å². The molecular weight excluding hydrogens is 210 g/mol. The summed E-state index contributed by atoms with van der Waals surface area (Å²) >= 11 is 1.40. The van der Waals surface area contributed by atoms with Crippen LogP contribution in [0.4, 0.5) is 5.82 Å². The van der Waals surface area contributed by atoms with Crippen molar-refractivity contribution in [1.29, 1.82) is 0 Å². The lowest BCUT2D eigenvalue weighted by molar-refractivity contribution is 0.223. The minimum atomic E-state index is -0.730. The Morgan fingerprint density at radius 2 is 2.33 bits per heavy atom. The highest BCUT2D eigenvalue weighted by atomic mass is 32.1. The fourth-order valence-corrected chi connectivity index (χ4v) is 2.06. The molecule has 3 N–H and O–H groups in total. The normalized spacial score (nSPS) is 12.7. The highest BCUT2D eigenvalue weighted by Crippen LogP contribution is 2.29. The Balaban J connectivity index is 2.46. The predicted molar refractivity (Wildman–Crippen MR) is 59.6 cm³/mol. The second-order valence-corrected chi connectivity index (χ2v) is 4.15. The summed E-state index contributed by atoms with van der Waals surface area (Å²) in [5, 5.41) is 10.1. The van der Waals surface area contributed by atoms with Gasteiger partial charge in [-0.05, 0) is 18.6 Å². The Morgan fingerprint density at radius 1 is 1.53 bits per heavy atom. The van der Waals surface area contributed by atoms with Gasteiger partial charge < -0.3 is 10.8 Å². The zero-order valence-corrected chi connectivity index (χ0v) is 9.03. The number of thiazole rings is 1. The van der Waals surface area contributed by atoms with Crippen LogP contribution in [-0.2, 0) is 0 Å². The van der Waals surface area contributed by atoms with Crippen LogP contribution in [0.2, 0.25) is 0 Å². The first kappa shape index (κ1) is 10.1. The Morgan fingerprint density at radius 3 is 2.93 bits per heavy atom. The van der Waals surface area contributed by atoms with Crippen LogP contribution < -0.4 is 5.73 Å². The third kappa shape index (κ3) is 1.84. The third-order valence-corrected chi connectivity index (χ3v) is 3.06. The zero-order chi connectivity index (χ0) is 10.8. The quantitative estimate of drug-likeness (QED) is 0.806. The van der Waals surface area contributed by atoms with E-state index < -0.39 is 6.10 Å². The Hall–Kier alpha value is -1.46. The van der Waals surface area contributed by atoms with Gasteiger partial charge in [0, 0.05) is 18.0 Å². The van der Waals surface area contributed by atoms with Crippen molar-refractivity contribution in [1.82, 2.24) is 9.97 Å². The van der Waals surface area contributed by atoms with E-state index >= 15 is 0 Å². The minimum absolute atomic E-state index is 0.371. The summed E-state index contributed by atoms with van der Waals surface area (Å²) in [5.74, 6) is 0.371. The summed E-state index contributed by atoms with van der Waals surface area (Å²) in [6.45, 7) is 1.90. The maximum atomic E-state index is 10.1. The van der Waals surface area contributed by atoms with Gasteiger partial charge in [-0.2, -0.15) is 0 Å². The lowest BCUT2D eigenvalue weighted by Gasteiger charge is -2.13. The molecule has 0 saturated heterocycles. The number of hydrogen-bond acceptors (Lipinski definition) is 5. The molecule has 0 bridgehead atoms. The molecule has 0 saturated carbocycles. The van der Waals surface area contributed by atoms with Crippen molar-refractivity contribution >= 4 is 17.2 Å². The van der Waals surface area contributed by atoms with E-state index in [0.29, 0.717) is 11.4 Å². The molecule has 0 aromatic carbocycles. The number of aromatic nitrogens is 2.